The van der Waals surface area contributed by atoms with E-state index in [1.807, 2.05) is 38.4 Å². The third kappa shape index (κ3) is 4.51. The van der Waals surface area contributed by atoms with Gasteiger partial charge in [0.2, 0.25) is 0 Å². The minimum atomic E-state index is -4.43. The quantitative estimate of drug-likeness (QED) is 0.645. The molecule has 0 bridgehead atoms. The van der Waals surface area contributed by atoms with E-state index in [-0.39, 0.29) is 24.2 Å². The molecule has 142 valence electrons. The molecular formula is C20H23ClF3NO. The SMILES string of the molecule is CN(C)C1CCc2ccccc2C(Oc2ccccc2C(F)(F)F)C1.Cl. The van der Waals surface area contributed by atoms with Crippen LogP contribution in [0.4, 0.5) is 13.2 Å². The molecule has 6 heteroatoms. The van der Waals surface area contributed by atoms with Gasteiger partial charge in [-0.2, -0.15) is 13.2 Å². The number of fused-ring (bicyclic) bond motifs is 1. The fraction of sp³-hybridized carbons (Fsp3) is 0.400. The molecule has 26 heavy (non-hydrogen) atoms. The second-order valence-corrected chi connectivity index (χ2v) is 6.69. The standard InChI is InChI=1S/C20H22F3NO.ClH/c1-24(2)15-12-11-14-7-3-4-8-16(14)19(13-15)25-18-10-6-5-9-17(18)20(21,22)23;/h3-10,15,19H,11-13H2,1-2H3;1H. The lowest BCUT2D eigenvalue weighted by molar-refractivity contribution is -0.139. The average molecular weight is 386 g/mol. The second-order valence-electron chi connectivity index (χ2n) is 6.69. The van der Waals surface area contributed by atoms with E-state index in [0.717, 1.165) is 30.0 Å². The van der Waals surface area contributed by atoms with Gasteiger partial charge < -0.3 is 9.64 Å². The third-order valence-corrected chi connectivity index (χ3v) is 4.83. The van der Waals surface area contributed by atoms with Crippen molar-refractivity contribution in [1.29, 1.82) is 0 Å². The highest BCUT2D eigenvalue weighted by molar-refractivity contribution is 5.85. The van der Waals surface area contributed by atoms with Crippen LogP contribution in [-0.4, -0.2) is 25.0 Å². The maximum Gasteiger partial charge on any atom is 0.419 e. The fourth-order valence-corrected chi connectivity index (χ4v) is 3.43. The Bertz CT molecular complexity index is 733. The van der Waals surface area contributed by atoms with Crippen LogP contribution in [0, 0.1) is 0 Å². The van der Waals surface area contributed by atoms with Gasteiger partial charge in [-0.3, -0.25) is 0 Å². The van der Waals surface area contributed by atoms with Gasteiger partial charge in [0.1, 0.15) is 11.9 Å². The van der Waals surface area contributed by atoms with Gasteiger partial charge in [0.25, 0.3) is 0 Å². The van der Waals surface area contributed by atoms with E-state index in [1.54, 1.807) is 6.07 Å². The molecule has 0 spiro atoms. The first-order valence-electron chi connectivity index (χ1n) is 8.43. The van der Waals surface area contributed by atoms with Crippen LogP contribution in [0.5, 0.6) is 5.75 Å². The van der Waals surface area contributed by atoms with Crippen LogP contribution in [0.15, 0.2) is 48.5 Å². The van der Waals surface area contributed by atoms with Crippen molar-refractivity contribution >= 4 is 12.4 Å². The van der Waals surface area contributed by atoms with Crippen molar-refractivity contribution in [1.82, 2.24) is 4.90 Å². The molecule has 0 saturated carbocycles. The van der Waals surface area contributed by atoms with Crippen molar-refractivity contribution < 1.29 is 17.9 Å². The molecule has 2 nitrogen and oxygen atoms in total. The van der Waals surface area contributed by atoms with Crippen LogP contribution in [0.25, 0.3) is 0 Å². The van der Waals surface area contributed by atoms with Gasteiger partial charge in [0.15, 0.2) is 0 Å². The van der Waals surface area contributed by atoms with Crippen molar-refractivity contribution in [2.24, 2.45) is 0 Å². The molecule has 0 fully saturated rings. The molecule has 0 heterocycles. The summed E-state index contributed by atoms with van der Waals surface area (Å²) in [5.74, 6) is -0.103. The number of hydrogen-bond acceptors (Lipinski definition) is 2. The smallest absolute Gasteiger partial charge is 0.419 e. The molecule has 2 aromatic rings. The van der Waals surface area contributed by atoms with Crippen LogP contribution in [0.2, 0.25) is 0 Å². The lowest BCUT2D eigenvalue weighted by atomic mass is 10.0. The molecule has 1 aliphatic rings. The summed E-state index contributed by atoms with van der Waals surface area (Å²) >= 11 is 0. The van der Waals surface area contributed by atoms with Crippen LogP contribution >= 0.6 is 12.4 Å². The Labute approximate surface area is 158 Å². The molecule has 0 saturated heterocycles. The number of rotatable bonds is 3. The number of nitrogens with zero attached hydrogens (tertiary/aromatic N) is 1. The van der Waals surface area contributed by atoms with Crippen LogP contribution < -0.4 is 4.74 Å². The highest BCUT2D eigenvalue weighted by Gasteiger charge is 2.35. The van der Waals surface area contributed by atoms with Crippen molar-refractivity contribution in [2.75, 3.05) is 14.1 Å². The Morgan fingerprint density at radius 1 is 1.00 bits per heavy atom. The van der Waals surface area contributed by atoms with Crippen molar-refractivity contribution in [3.05, 3.63) is 65.2 Å². The molecule has 0 aliphatic heterocycles. The average Bonchev–Trinajstić information content (AvgIpc) is 2.75. The van der Waals surface area contributed by atoms with Gasteiger partial charge in [-0.05, 0) is 50.2 Å². The van der Waals surface area contributed by atoms with Crippen molar-refractivity contribution in [2.45, 2.75) is 37.6 Å². The first kappa shape index (κ1) is 20.6. The second kappa shape index (κ2) is 8.31. The summed E-state index contributed by atoms with van der Waals surface area (Å²) < 4.78 is 45.8. The number of para-hydroxylation sites is 1. The van der Waals surface area contributed by atoms with Crippen LogP contribution in [-0.2, 0) is 12.6 Å². The first-order chi connectivity index (χ1) is 11.9. The van der Waals surface area contributed by atoms with E-state index in [9.17, 15) is 13.2 Å². The van der Waals surface area contributed by atoms with E-state index >= 15 is 0 Å². The summed E-state index contributed by atoms with van der Waals surface area (Å²) in [6, 6.07) is 13.6. The Balaban J connectivity index is 0.00000243. The maximum absolute atomic E-state index is 13.3. The van der Waals surface area contributed by atoms with E-state index in [0.29, 0.717) is 6.42 Å². The minimum Gasteiger partial charge on any atom is -0.485 e. The summed E-state index contributed by atoms with van der Waals surface area (Å²) in [5, 5.41) is 0. The molecule has 2 unspecified atom stereocenters. The van der Waals surface area contributed by atoms with Crippen molar-refractivity contribution in [3.8, 4) is 5.75 Å². The number of benzene rings is 2. The highest BCUT2D eigenvalue weighted by atomic mass is 35.5. The predicted molar refractivity (Wildman–Crippen MR) is 98.9 cm³/mol. The Kier molecular flexibility index (Phi) is 6.58. The number of alkyl halides is 3. The summed E-state index contributed by atoms with van der Waals surface area (Å²) in [6.07, 6.45) is -2.29. The zero-order valence-corrected chi connectivity index (χ0v) is 15.6. The number of ether oxygens (including phenoxy) is 1. The summed E-state index contributed by atoms with van der Waals surface area (Å²) in [4.78, 5) is 2.12. The zero-order valence-electron chi connectivity index (χ0n) is 14.8. The van der Waals surface area contributed by atoms with E-state index in [1.165, 1.54) is 12.1 Å². The molecule has 2 atom stereocenters. The van der Waals surface area contributed by atoms with E-state index in [2.05, 4.69) is 4.90 Å². The van der Waals surface area contributed by atoms with Crippen LogP contribution in [0.1, 0.15) is 35.6 Å². The lowest BCUT2D eigenvalue weighted by Crippen LogP contribution is -2.30. The predicted octanol–water partition coefficient (Wildman–Crippen LogP) is 5.51. The van der Waals surface area contributed by atoms with Gasteiger partial charge in [-0.15, -0.1) is 12.4 Å². The van der Waals surface area contributed by atoms with E-state index < -0.39 is 17.8 Å². The minimum absolute atomic E-state index is 0. The normalized spacial score (nSPS) is 20.1. The Morgan fingerprint density at radius 3 is 2.35 bits per heavy atom. The maximum atomic E-state index is 13.3. The molecule has 0 aromatic heterocycles. The molecular weight excluding hydrogens is 363 g/mol. The Hall–Kier alpha value is -1.72. The van der Waals surface area contributed by atoms with Gasteiger partial charge >= 0.3 is 6.18 Å². The number of hydrogen-bond donors (Lipinski definition) is 0. The summed E-state index contributed by atoms with van der Waals surface area (Å²) in [6.45, 7) is 0. The van der Waals surface area contributed by atoms with Crippen LogP contribution in [0.3, 0.4) is 0 Å². The molecule has 0 amide bonds. The van der Waals surface area contributed by atoms with Crippen molar-refractivity contribution in [3.63, 3.8) is 0 Å². The molecule has 1 aliphatic carbocycles. The molecule has 3 rings (SSSR count). The largest absolute Gasteiger partial charge is 0.485 e. The molecule has 0 N–H and O–H groups in total. The monoisotopic (exact) mass is 385 g/mol. The van der Waals surface area contributed by atoms with Gasteiger partial charge in [-0.1, -0.05) is 36.4 Å². The summed E-state index contributed by atoms with van der Waals surface area (Å²) in [7, 11) is 4.00. The lowest BCUT2D eigenvalue weighted by Gasteiger charge is -2.27. The Morgan fingerprint density at radius 2 is 1.65 bits per heavy atom. The van der Waals surface area contributed by atoms with Gasteiger partial charge in [0.05, 0.1) is 5.56 Å². The topological polar surface area (TPSA) is 12.5 Å². The molecule has 0 radical (unpaired) electrons. The number of aryl methyl sites for hydroxylation is 1. The molecule has 2 aromatic carbocycles. The fourth-order valence-electron chi connectivity index (χ4n) is 3.43. The highest BCUT2D eigenvalue weighted by Crippen LogP contribution is 2.40. The van der Waals surface area contributed by atoms with Gasteiger partial charge in [-0.25, -0.2) is 0 Å². The number of halogens is 4. The van der Waals surface area contributed by atoms with Gasteiger partial charge in [0, 0.05) is 12.5 Å². The zero-order chi connectivity index (χ0) is 18.0. The summed E-state index contributed by atoms with van der Waals surface area (Å²) in [5.41, 5.74) is 1.42. The third-order valence-electron chi connectivity index (χ3n) is 4.83. The van der Waals surface area contributed by atoms with E-state index in [4.69, 9.17) is 4.74 Å². The first-order valence-corrected chi connectivity index (χ1v) is 8.43.